The second-order valence-electron chi connectivity index (χ2n) is 9.27. The summed E-state index contributed by atoms with van der Waals surface area (Å²) in [6.45, 7) is 7.91. The number of amides is 1. The monoisotopic (exact) mass is 383 g/mol. The molecule has 4 nitrogen and oxygen atoms in total. The Kier molecular flexibility index (Phi) is 6.37. The van der Waals surface area contributed by atoms with E-state index >= 15 is 0 Å². The van der Waals surface area contributed by atoms with Crippen molar-refractivity contribution in [1.29, 1.82) is 0 Å². The van der Waals surface area contributed by atoms with Gasteiger partial charge in [-0.1, -0.05) is 37.3 Å². The number of hydrogen-bond acceptors (Lipinski definition) is 3. The van der Waals surface area contributed by atoms with Crippen LogP contribution in [0, 0.1) is 5.92 Å². The molecule has 1 N–H and O–H groups in total. The van der Waals surface area contributed by atoms with Crippen LogP contribution in [0.15, 0.2) is 30.3 Å². The van der Waals surface area contributed by atoms with Gasteiger partial charge in [0.1, 0.15) is 0 Å². The maximum atomic E-state index is 12.8. The summed E-state index contributed by atoms with van der Waals surface area (Å²) in [5.41, 5.74) is 1.60. The van der Waals surface area contributed by atoms with Gasteiger partial charge in [0.2, 0.25) is 5.91 Å². The Balaban J connectivity index is 1.21. The van der Waals surface area contributed by atoms with Crippen molar-refractivity contribution in [2.45, 2.75) is 69.9 Å². The van der Waals surface area contributed by atoms with Crippen LogP contribution in [0.3, 0.4) is 0 Å². The summed E-state index contributed by atoms with van der Waals surface area (Å²) in [5, 5.41) is 3.38. The average molecular weight is 384 g/mol. The first-order valence-electron chi connectivity index (χ1n) is 11.5. The van der Waals surface area contributed by atoms with Gasteiger partial charge in [0.15, 0.2) is 0 Å². The van der Waals surface area contributed by atoms with Gasteiger partial charge < -0.3 is 10.2 Å². The van der Waals surface area contributed by atoms with E-state index in [1.807, 2.05) is 0 Å². The molecule has 1 atom stereocenters. The molecule has 3 fully saturated rings. The molecule has 0 spiro atoms. The molecule has 1 aromatic rings. The third-order valence-corrected chi connectivity index (χ3v) is 7.38. The second-order valence-corrected chi connectivity index (χ2v) is 9.27. The van der Waals surface area contributed by atoms with Gasteiger partial charge >= 0.3 is 0 Å². The summed E-state index contributed by atoms with van der Waals surface area (Å²) in [5.74, 6) is 0.526. The van der Waals surface area contributed by atoms with Gasteiger partial charge in [-0.25, -0.2) is 0 Å². The van der Waals surface area contributed by atoms with Crippen molar-refractivity contribution in [3.63, 3.8) is 0 Å². The van der Waals surface area contributed by atoms with Crippen LogP contribution in [-0.2, 0) is 11.2 Å². The minimum Gasteiger partial charge on any atom is -0.350 e. The Morgan fingerprint density at radius 1 is 1.11 bits per heavy atom. The van der Waals surface area contributed by atoms with Crippen LogP contribution in [0.2, 0.25) is 0 Å². The fourth-order valence-corrected chi connectivity index (χ4v) is 5.07. The van der Waals surface area contributed by atoms with Crippen molar-refractivity contribution in [2.75, 3.05) is 32.7 Å². The average Bonchev–Trinajstić information content (AvgIpc) is 3.53. The summed E-state index contributed by atoms with van der Waals surface area (Å²) >= 11 is 0. The molecule has 3 aliphatic rings. The number of likely N-dealkylation sites (tertiary alicyclic amines) is 2. The van der Waals surface area contributed by atoms with Gasteiger partial charge in [-0.2, -0.15) is 0 Å². The molecule has 2 heterocycles. The minimum absolute atomic E-state index is 0.156. The van der Waals surface area contributed by atoms with Crippen LogP contribution in [0.25, 0.3) is 0 Å². The SMILES string of the molecule is CCC1(NC(=O)[C@@H]2CCCN(C3CCN(CCc4ccccc4)CC3)C2)CC1. The molecule has 1 aliphatic carbocycles. The van der Waals surface area contributed by atoms with Crippen molar-refractivity contribution in [2.24, 2.45) is 5.92 Å². The Morgan fingerprint density at radius 3 is 2.54 bits per heavy atom. The summed E-state index contributed by atoms with van der Waals surface area (Å²) in [7, 11) is 0. The molecule has 0 unspecified atom stereocenters. The highest BCUT2D eigenvalue weighted by atomic mass is 16.2. The molecule has 1 aromatic carbocycles. The minimum atomic E-state index is 0.156. The van der Waals surface area contributed by atoms with Crippen LogP contribution >= 0.6 is 0 Å². The van der Waals surface area contributed by atoms with E-state index in [0.717, 1.165) is 25.8 Å². The number of rotatable bonds is 7. The molecule has 1 saturated carbocycles. The van der Waals surface area contributed by atoms with Crippen molar-refractivity contribution in [3.05, 3.63) is 35.9 Å². The zero-order valence-electron chi connectivity index (χ0n) is 17.5. The fourth-order valence-electron chi connectivity index (χ4n) is 5.07. The smallest absolute Gasteiger partial charge is 0.224 e. The van der Waals surface area contributed by atoms with E-state index in [4.69, 9.17) is 0 Å². The summed E-state index contributed by atoms with van der Waals surface area (Å²) in [6.07, 6.45) is 9.32. The lowest BCUT2D eigenvalue weighted by Gasteiger charge is -2.42. The highest BCUT2D eigenvalue weighted by Crippen LogP contribution is 2.39. The molecular weight excluding hydrogens is 346 g/mol. The van der Waals surface area contributed by atoms with Crippen molar-refractivity contribution >= 4 is 5.91 Å². The first kappa shape index (κ1) is 19.9. The normalized spacial score (nSPS) is 26.1. The highest BCUT2D eigenvalue weighted by molar-refractivity contribution is 5.80. The van der Waals surface area contributed by atoms with Crippen LogP contribution in [0.4, 0.5) is 0 Å². The van der Waals surface area contributed by atoms with Crippen LogP contribution in [0.1, 0.15) is 57.4 Å². The number of carbonyl (C=O) groups is 1. The van der Waals surface area contributed by atoms with Gasteiger partial charge in [-0.15, -0.1) is 0 Å². The van der Waals surface area contributed by atoms with Crippen LogP contribution in [-0.4, -0.2) is 60.0 Å². The number of nitrogens with zero attached hydrogens (tertiary/aromatic N) is 2. The summed E-state index contributed by atoms with van der Waals surface area (Å²) in [6, 6.07) is 11.5. The zero-order valence-corrected chi connectivity index (χ0v) is 17.5. The van der Waals surface area contributed by atoms with Gasteiger partial charge in [0.05, 0.1) is 5.92 Å². The van der Waals surface area contributed by atoms with Crippen LogP contribution < -0.4 is 5.32 Å². The van der Waals surface area contributed by atoms with Crippen molar-refractivity contribution in [1.82, 2.24) is 15.1 Å². The molecule has 2 saturated heterocycles. The van der Waals surface area contributed by atoms with Crippen molar-refractivity contribution < 1.29 is 4.79 Å². The Bertz CT molecular complexity index is 635. The molecule has 4 heteroatoms. The number of piperidine rings is 2. The Hall–Kier alpha value is -1.39. The maximum absolute atomic E-state index is 12.8. The number of nitrogens with one attached hydrogen (secondary N) is 1. The number of benzene rings is 1. The fraction of sp³-hybridized carbons (Fsp3) is 0.708. The first-order chi connectivity index (χ1) is 13.7. The Labute approximate surface area is 170 Å². The van der Waals surface area contributed by atoms with E-state index < -0.39 is 0 Å². The summed E-state index contributed by atoms with van der Waals surface area (Å²) in [4.78, 5) is 18.0. The lowest BCUT2D eigenvalue weighted by atomic mass is 9.92. The number of hydrogen-bond donors (Lipinski definition) is 1. The second kappa shape index (κ2) is 8.96. The molecule has 0 radical (unpaired) electrons. The van der Waals surface area contributed by atoms with Gasteiger partial charge in [-0.05, 0) is 76.6 Å². The molecule has 154 valence electrons. The zero-order chi connectivity index (χ0) is 19.4. The van der Waals surface area contributed by atoms with E-state index in [9.17, 15) is 4.79 Å². The topological polar surface area (TPSA) is 35.6 Å². The molecule has 28 heavy (non-hydrogen) atoms. The first-order valence-corrected chi connectivity index (χ1v) is 11.5. The molecule has 0 aromatic heterocycles. The van der Waals surface area contributed by atoms with E-state index in [0.29, 0.717) is 11.9 Å². The lowest BCUT2D eigenvalue weighted by Crippen LogP contribution is -2.52. The molecule has 1 amide bonds. The maximum Gasteiger partial charge on any atom is 0.224 e. The molecule has 4 rings (SSSR count). The lowest BCUT2D eigenvalue weighted by molar-refractivity contribution is -0.128. The predicted octanol–water partition coefficient (Wildman–Crippen LogP) is 3.46. The van der Waals surface area contributed by atoms with Crippen molar-refractivity contribution in [3.8, 4) is 0 Å². The predicted molar refractivity (Wildman–Crippen MR) is 114 cm³/mol. The highest BCUT2D eigenvalue weighted by Gasteiger charge is 2.43. The third-order valence-electron chi connectivity index (χ3n) is 7.38. The summed E-state index contributed by atoms with van der Waals surface area (Å²) < 4.78 is 0. The quantitative estimate of drug-likeness (QED) is 0.783. The van der Waals surface area contributed by atoms with Gasteiger partial charge in [0.25, 0.3) is 0 Å². The van der Waals surface area contributed by atoms with Crippen LogP contribution in [0.5, 0.6) is 0 Å². The standard InChI is InChI=1S/C24H37N3O/c1-2-24(13-14-24)25-23(28)21-9-6-15-27(19-21)22-11-17-26(18-12-22)16-10-20-7-4-3-5-8-20/h3-5,7-8,21-22H,2,6,9-19H2,1H3,(H,25,28)/t21-/m1/s1. The largest absolute Gasteiger partial charge is 0.350 e. The van der Waals surface area contributed by atoms with Gasteiger partial charge in [0, 0.05) is 24.7 Å². The van der Waals surface area contributed by atoms with E-state index in [2.05, 4.69) is 52.4 Å². The molecule has 0 bridgehead atoms. The van der Waals surface area contributed by atoms with E-state index in [-0.39, 0.29) is 11.5 Å². The molecule has 2 aliphatic heterocycles. The number of carbonyl (C=O) groups excluding carboxylic acids is 1. The Morgan fingerprint density at radius 2 is 1.86 bits per heavy atom. The van der Waals surface area contributed by atoms with Gasteiger partial charge in [-0.3, -0.25) is 9.69 Å². The third kappa shape index (κ3) is 4.96. The van der Waals surface area contributed by atoms with E-state index in [1.165, 1.54) is 63.8 Å². The molecular formula is C24H37N3O. The van der Waals surface area contributed by atoms with E-state index in [1.54, 1.807) is 0 Å².